The molecule has 5 heteroatoms. The average Bonchev–Trinajstić information content (AvgIpc) is 2.52. The van der Waals surface area contributed by atoms with E-state index in [0.29, 0.717) is 0 Å². The lowest BCUT2D eigenvalue weighted by Crippen LogP contribution is -2.17. The molecule has 0 aliphatic rings. The Bertz CT molecular complexity index is 719. The highest BCUT2D eigenvalue weighted by atomic mass is 32.2. The Morgan fingerprint density at radius 1 is 1.09 bits per heavy atom. The van der Waals surface area contributed by atoms with Crippen molar-refractivity contribution in [2.45, 2.75) is 17.9 Å². The lowest BCUT2D eigenvalue weighted by Gasteiger charge is -2.08. The molecule has 0 unspecified atom stereocenters. The molecule has 0 saturated carbocycles. The highest BCUT2D eigenvalue weighted by molar-refractivity contribution is 7.86. The molecule has 2 aromatic carbocycles. The summed E-state index contributed by atoms with van der Waals surface area (Å²) >= 11 is 0. The second-order valence-corrected chi connectivity index (χ2v) is 6.50. The monoisotopic (exact) mass is 318 g/mol. The molecule has 4 nitrogen and oxygen atoms in total. The normalized spacial score (nSPS) is 13.4. The average molecular weight is 318 g/mol. The summed E-state index contributed by atoms with van der Waals surface area (Å²) < 4.78 is 28.8. The summed E-state index contributed by atoms with van der Waals surface area (Å²) in [6, 6.07) is 15.8. The van der Waals surface area contributed by atoms with E-state index in [9.17, 15) is 13.5 Å². The fourth-order valence-corrected chi connectivity index (χ4v) is 2.70. The molecule has 0 aromatic heterocycles. The van der Waals surface area contributed by atoms with E-state index in [0.717, 1.165) is 11.1 Å². The maximum atomic E-state index is 12.0. The number of aliphatic hydroxyl groups is 1. The zero-order valence-electron chi connectivity index (χ0n) is 12.2. The van der Waals surface area contributed by atoms with Crippen LogP contribution in [0.15, 0.2) is 65.6 Å². The van der Waals surface area contributed by atoms with Gasteiger partial charge in [0.05, 0.1) is 17.6 Å². The lowest BCUT2D eigenvalue weighted by molar-refractivity contribution is 0.148. The maximum absolute atomic E-state index is 12.0. The van der Waals surface area contributed by atoms with Crippen molar-refractivity contribution in [3.8, 4) is 0 Å². The van der Waals surface area contributed by atoms with Crippen molar-refractivity contribution < 1.29 is 17.7 Å². The SMILES string of the molecule is Cc1ccc(S(=O)(=O)OC[C@@H](O)C=Cc2ccccc2)cc1. The largest absolute Gasteiger partial charge is 0.387 e. The summed E-state index contributed by atoms with van der Waals surface area (Å²) in [5, 5.41) is 9.79. The first-order valence-corrected chi connectivity index (χ1v) is 8.25. The van der Waals surface area contributed by atoms with Gasteiger partial charge in [0.15, 0.2) is 0 Å². The van der Waals surface area contributed by atoms with Crippen molar-refractivity contribution in [2.75, 3.05) is 6.61 Å². The fourth-order valence-electron chi connectivity index (χ4n) is 1.77. The van der Waals surface area contributed by atoms with Gasteiger partial charge in [0.2, 0.25) is 0 Å². The minimum Gasteiger partial charge on any atom is -0.387 e. The predicted molar refractivity (Wildman–Crippen MR) is 85.8 cm³/mol. The van der Waals surface area contributed by atoms with Crippen LogP contribution in [-0.4, -0.2) is 26.2 Å². The fraction of sp³-hybridized carbons (Fsp3) is 0.176. The van der Waals surface area contributed by atoms with Crippen LogP contribution >= 0.6 is 0 Å². The van der Waals surface area contributed by atoms with Crippen LogP contribution in [0.5, 0.6) is 0 Å². The molecular formula is C17H18O4S. The number of benzene rings is 2. The highest BCUT2D eigenvalue weighted by Gasteiger charge is 2.16. The Morgan fingerprint density at radius 3 is 2.36 bits per heavy atom. The smallest absolute Gasteiger partial charge is 0.297 e. The molecule has 0 bridgehead atoms. The minimum atomic E-state index is -3.85. The van der Waals surface area contributed by atoms with E-state index in [1.807, 2.05) is 37.3 Å². The summed E-state index contributed by atoms with van der Waals surface area (Å²) in [4.78, 5) is 0.0809. The van der Waals surface area contributed by atoms with Gasteiger partial charge >= 0.3 is 0 Å². The number of hydrogen-bond donors (Lipinski definition) is 1. The summed E-state index contributed by atoms with van der Waals surface area (Å²) in [6.07, 6.45) is 2.22. The lowest BCUT2D eigenvalue weighted by atomic mass is 10.2. The van der Waals surface area contributed by atoms with Crippen molar-refractivity contribution in [3.05, 3.63) is 71.8 Å². The van der Waals surface area contributed by atoms with Gasteiger partial charge in [-0.25, -0.2) is 0 Å². The van der Waals surface area contributed by atoms with Gasteiger partial charge in [0.25, 0.3) is 10.1 Å². The van der Waals surface area contributed by atoms with Crippen molar-refractivity contribution in [2.24, 2.45) is 0 Å². The summed E-state index contributed by atoms with van der Waals surface area (Å²) in [5.41, 5.74) is 1.88. The van der Waals surface area contributed by atoms with E-state index >= 15 is 0 Å². The van der Waals surface area contributed by atoms with Crippen LogP contribution in [0.3, 0.4) is 0 Å². The Kier molecular flexibility index (Phi) is 5.49. The number of aliphatic hydroxyl groups excluding tert-OH is 1. The molecule has 0 radical (unpaired) electrons. The van der Waals surface area contributed by atoms with Crippen molar-refractivity contribution in [3.63, 3.8) is 0 Å². The number of hydrogen-bond acceptors (Lipinski definition) is 4. The van der Waals surface area contributed by atoms with E-state index in [4.69, 9.17) is 4.18 Å². The molecule has 0 amide bonds. The third-order valence-electron chi connectivity index (χ3n) is 3.01. The third kappa shape index (κ3) is 4.80. The highest BCUT2D eigenvalue weighted by Crippen LogP contribution is 2.13. The topological polar surface area (TPSA) is 63.6 Å². The van der Waals surface area contributed by atoms with Crippen LogP contribution < -0.4 is 0 Å². The second kappa shape index (κ2) is 7.35. The van der Waals surface area contributed by atoms with Crippen LogP contribution in [0.1, 0.15) is 11.1 Å². The molecule has 22 heavy (non-hydrogen) atoms. The molecule has 2 aromatic rings. The van der Waals surface area contributed by atoms with E-state index in [1.54, 1.807) is 18.2 Å². The van der Waals surface area contributed by atoms with Crippen molar-refractivity contribution in [1.29, 1.82) is 0 Å². The first-order valence-electron chi connectivity index (χ1n) is 6.85. The zero-order chi connectivity index (χ0) is 16.0. The molecule has 1 atom stereocenters. The predicted octanol–water partition coefficient (Wildman–Crippen LogP) is 2.77. The van der Waals surface area contributed by atoms with E-state index < -0.39 is 16.2 Å². The van der Waals surface area contributed by atoms with E-state index in [1.165, 1.54) is 18.2 Å². The number of rotatable bonds is 6. The molecular weight excluding hydrogens is 300 g/mol. The Labute approximate surface area is 130 Å². The Balaban J connectivity index is 1.94. The molecule has 0 saturated heterocycles. The van der Waals surface area contributed by atoms with Crippen LogP contribution in [-0.2, 0) is 14.3 Å². The molecule has 0 heterocycles. The van der Waals surface area contributed by atoms with Gasteiger partial charge < -0.3 is 5.11 Å². The van der Waals surface area contributed by atoms with Gasteiger partial charge in [0, 0.05) is 0 Å². The first kappa shape index (κ1) is 16.4. The van der Waals surface area contributed by atoms with Crippen LogP contribution in [0.2, 0.25) is 0 Å². The standard InChI is InChI=1S/C17H18O4S/c1-14-7-11-17(12-8-14)22(19,20)21-13-16(18)10-9-15-5-3-2-4-6-15/h2-12,16,18H,13H2,1H3/t16-/m0/s1. The zero-order valence-corrected chi connectivity index (χ0v) is 13.0. The third-order valence-corrected chi connectivity index (χ3v) is 4.31. The Hall–Kier alpha value is -1.95. The summed E-state index contributed by atoms with van der Waals surface area (Å²) in [7, 11) is -3.85. The number of aryl methyl sites for hydroxylation is 1. The minimum absolute atomic E-state index is 0.0809. The molecule has 0 fully saturated rings. The molecule has 0 spiro atoms. The van der Waals surface area contributed by atoms with Crippen molar-refractivity contribution in [1.82, 2.24) is 0 Å². The molecule has 116 valence electrons. The first-order chi connectivity index (χ1) is 10.5. The van der Waals surface area contributed by atoms with Gasteiger partial charge in [-0.1, -0.05) is 60.2 Å². The summed E-state index contributed by atoms with van der Waals surface area (Å²) in [5.74, 6) is 0. The molecule has 0 aliphatic carbocycles. The van der Waals surface area contributed by atoms with Crippen LogP contribution in [0.25, 0.3) is 6.08 Å². The quantitative estimate of drug-likeness (QED) is 0.832. The van der Waals surface area contributed by atoms with E-state index in [2.05, 4.69) is 0 Å². The van der Waals surface area contributed by atoms with Crippen LogP contribution in [0.4, 0.5) is 0 Å². The van der Waals surface area contributed by atoms with Gasteiger partial charge in [-0.3, -0.25) is 4.18 Å². The van der Waals surface area contributed by atoms with Gasteiger partial charge in [0.1, 0.15) is 0 Å². The molecule has 2 rings (SSSR count). The molecule has 1 N–H and O–H groups in total. The van der Waals surface area contributed by atoms with Gasteiger partial charge in [-0.05, 0) is 24.6 Å². The van der Waals surface area contributed by atoms with Crippen molar-refractivity contribution >= 4 is 16.2 Å². The summed E-state index contributed by atoms with van der Waals surface area (Å²) in [6.45, 7) is 1.55. The van der Waals surface area contributed by atoms with Gasteiger partial charge in [-0.15, -0.1) is 0 Å². The van der Waals surface area contributed by atoms with Gasteiger partial charge in [-0.2, -0.15) is 8.42 Å². The van der Waals surface area contributed by atoms with E-state index in [-0.39, 0.29) is 11.5 Å². The maximum Gasteiger partial charge on any atom is 0.297 e. The Morgan fingerprint density at radius 2 is 1.73 bits per heavy atom. The second-order valence-electron chi connectivity index (χ2n) is 4.89. The van der Waals surface area contributed by atoms with Crippen LogP contribution in [0, 0.1) is 6.92 Å². The molecule has 0 aliphatic heterocycles.